The van der Waals surface area contributed by atoms with Gasteiger partial charge >= 0.3 is 11.9 Å². The third-order valence-electron chi connectivity index (χ3n) is 6.92. The Morgan fingerprint density at radius 1 is 1.10 bits per heavy atom. The molecule has 0 amide bonds. The molecule has 0 N–H and O–H groups in total. The first-order chi connectivity index (χ1) is 13.9. The van der Waals surface area contributed by atoms with Crippen molar-refractivity contribution < 1.29 is 28.3 Å². The predicted molar refractivity (Wildman–Crippen MR) is 103 cm³/mol. The Morgan fingerprint density at radius 2 is 1.86 bits per heavy atom. The molecule has 5 rings (SSSR count). The molecule has 29 heavy (non-hydrogen) atoms. The second kappa shape index (κ2) is 7.65. The Balaban J connectivity index is 0.000000359. The van der Waals surface area contributed by atoms with Gasteiger partial charge in [-0.15, -0.1) is 0 Å². The Kier molecular flexibility index (Phi) is 5.19. The summed E-state index contributed by atoms with van der Waals surface area (Å²) in [5.74, 6) is -0.686. The Hall–Kier alpha value is -2.63. The zero-order valence-electron chi connectivity index (χ0n) is 16.7. The summed E-state index contributed by atoms with van der Waals surface area (Å²) < 4.78 is 15.3. The summed E-state index contributed by atoms with van der Waals surface area (Å²) >= 11 is 0. The number of hydrogen-bond donors (Lipinski definition) is 0. The predicted octanol–water partition coefficient (Wildman–Crippen LogP) is 3.49. The van der Waals surface area contributed by atoms with Crippen LogP contribution in [0.25, 0.3) is 0 Å². The quantitative estimate of drug-likeness (QED) is 0.622. The number of esters is 2. The summed E-state index contributed by atoms with van der Waals surface area (Å²) in [6.07, 6.45) is 10.2. The highest BCUT2D eigenvalue weighted by Gasteiger charge is 2.54. The fraction of sp³-hybridized carbons (Fsp3) is 0.522. The average Bonchev–Trinajstić information content (AvgIpc) is 3.34. The van der Waals surface area contributed by atoms with Gasteiger partial charge in [-0.3, -0.25) is 9.59 Å². The van der Waals surface area contributed by atoms with E-state index in [4.69, 9.17) is 9.47 Å². The van der Waals surface area contributed by atoms with Crippen molar-refractivity contribution in [3.63, 3.8) is 0 Å². The number of ether oxygens (including phenoxy) is 2. The summed E-state index contributed by atoms with van der Waals surface area (Å²) in [5, 5.41) is 0. The highest BCUT2D eigenvalue weighted by molar-refractivity contribution is 5.93. The summed E-state index contributed by atoms with van der Waals surface area (Å²) in [7, 11) is 0. The fourth-order valence-electron chi connectivity index (χ4n) is 5.48. The number of furan rings is 1. The Morgan fingerprint density at radius 3 is 2.55 bits per heavy atom. The number of carbonyl (C=O) groups is 3. The number of carbonyl (C=O) groups excluding carboxylic acids is 3. The van der Waals surface area contributed by atoms with Crippen molar-refractivity contribution >= 4 is 17.7 Å². The maximum absolute atomic E-state index is 12.6. The molecular formula is C23H26O6. The van der Waals surface area contributed by atoms with Crippen molar-refractivity contribution in [3.05, 3.63) is 48.5 Å². The van der Waals surface area contributed by atoms with Crippen molar-refractivity contribution in [3.8, 4) is 0 Å². The number of allylic oxidation sites excluding steroid dienone is 2. The molecule has 1 saturated heterocycles. The third-order valence-corrected chi connectivity index (χ3v) is 6.92. The lowest BCUT2D eigenvalue weighted by atomic mass is 9.57. The molecule has 2 aliphatic carbocycles. The van der Waals surface area contributed by atoms with Gasteiger partial charge in [0.05, 0.1) is 25.1 Å². The van der Waals surface area contributed by atoms with Gasteiger partial charge in [-0.1, -0.05) is 13.0 Å². The van der Waals surface area contributed by atoms with Crippen LogP contribution < -0.4 is 0 Å². The van der Waals surface area contributed by atoms with Crippen LogP contribution >= 0.6 is 0 Å². The Labute approximate surface area is 169 Å². The van der Waals surface area contributed by atoms with Crippen molar-refractivity contribution in [1.82, 2.24) is 0 Å². The van der Waals surface area contributed by atoms with Gasteiger partial charge in [-0.05, 0) is 54.9 Å². The maximum atomic E-state index is 12.6. The summed E-state index contributed by atoms with van der Waals surface area (Å²) in [6, 6.07) is 3.67. The van der Waals surface area contributed by atoms with E-state index in [-0.39, 0.29) is 52.9 Å². The van der Waals surface area contributed by atoms with Crippen LogP contribution in [0.15, 0.2) is 52.9 Å². The van der Waals surface area contributed by atoms with Gasteiger partial charge in [0.2, 0.25) is 0 Å². The minimum absolute atomic E-state index is 0.0160. The van der Waals surface area contributed by atoms with E-state index in [2.05, 4.69) is 11.3 Å². The molecule has 2 fully saturated rings. The van der Waals surface area contributed by atoms with Crippen LogP contribution in [0.1, 0.15) is 33.1 Å². The lowest BCUT2D eigenvalue weighted by Gasteiger charge is -2.45. The molecule has 0 bridgehead atoms. The van der Waals surface area contributed by atoms with Crippen molar-refractivity contribution in [1.29, 1.82) is 0 Å². The van der Waals surface area contributed by atoms with E-state index in [9.17, 15) is 14.4 Å². The number of hydrogen-bond acceptors (Lipinski definition) is 6. The molecule has 4 unspecified atom stereocenters. The van der Waals surface area contributed by atoms with Crippen LogP contribution in [0, 0.1) is 29.1 Å². The molecular weight excluding hydrogens is 372 g/mol. The zero-order valence-corrected chi connectivity index (χ0v) is 16.7. The van der Waals surface area contributed by atoms with Gasteiger partial charge in [0, 0.05) is 24.3 Å². The van der Waals surface area contributed by atoms with E-state index in [0.29, 0.717) is 13.0 Å². The van der Waals surface area contributed by atoms with Crippen LogP contribution in [0.2, 0.25) is 0 Å². The first-order valence-corrected chi connectivity index (χ1v) is 10.2. The first kappa shape index (κ1) is 19.7. The molecule has 2 aliphatic heterocycles. The van der Waals surface area contributed by atoms with Gasteiger partial charge in [0.1, 0.15) is 6.10 Å². The fourth-order valence-corrected chi connectivity index (χ4v) is 5.48. The van der Waals surface area contributed by atoms with Gasteiger partial charge in [-0.2, -0.15) is 0 Å². The second-order valence-corrected chi connectivity index (χ2v) is 8.55. The third kappa shape index (κ3) is 3.56. The van der Waals surface area contributed by atoms with Crippen LogP contribution in [0.5, 0.6) is 0 Å². The standard InChI is InChI=1S/C19H22O5.C4H4O/c1-10-15-8-12(20)7-13-14(19(15,2)6-5-16(21)24-10)4-3-11-9-23-18(22)17(11)13;1-2-4-5-3-1/h5-7,10-11,14-15,17H,3-4,8-9H2,1-2H3;1-4H/t10-,11?,14?,15?,17?,19-;/m1./s1. The maximum Gasteiger partial charge on any atom is 0.330 e. The van der Waals surface area contributed by atoms with Crippen LogP contribution in [0.4, 0.5) is 0 Å². The van der Waals surface area contributed by atoms with Gasteiger partial charge in [-0.25, -0.2) is 4.79 Å². The van der Waals surface area contributed by atoms with Crippen molar-refractivity contribution in [2.45, 2.75) is 39.2 Å². The molecule has 0 spiro atoms. The number of fused-ring (bicyclic) bond motifs is 5. The van der Waals surface area contributed by atoms with E-state index in [1.165, 1.54) is 6.08 Å². The summed E-state index contributed by atoms with van der Waals surface area (Å²) in [5.41, 5.74) is 0.534. The first-order valence-electron chi connectivity index (χ1n) is 10.2. The molecule has 6 atom stereocenters. The molecule has 3 heterocycles. The van der Waals surface area contributed by atoms with Gasteiger partial charge in [0.25, 0.3) is 0 Å². The second-order valence-electron chi connectivity index (χ2n) is 8.55. The smallest absolute Gasteiger partial charge is 0.330 e. The monoisotopic (exact) mass is 398 g/mol. The number of rotatable bonds is 0. The molecule has 1 saturated carbocycles. The summed E-state index contributed by atoms with van der Waals surface area (Å²) in [4.78, 5) is 36.7. The molecule has 1 aromatic rings. The highest BCUT2D eigenvalue weighted by atomic mass is 16.5. The lowest BCUT2D eigenvalue weighted by Crippen LogP contribution is -2.43. The normalized spacial score (nSPS) is 38.1. The largest absolute Gasteiger partial charge is 0.473 e. The zero-order chi connectivity index (χ0) is 20.6. The Bertz CT molecular complexity index is 834. The van der Waals surface area contributed by atoms with Crippen LogP contribution in [-0.4, -0.2) is 30.4 Å². The molecule has 6 heteroatoms. The molecule has 0 aromatic carbocycles. The molecule has 6 nitrogen and oxygen atoms in total. The van der Waals surface area contributed by atoms with Crippen LogP contribution in [0.3, 0.4) is 0 Å². The van der Waals surface area contributed by atoms with Gasteiger partial charge < -0.3 is 13.9 Å². The van der Waals surface area contributed by atoms with Crippen molar-refractivity contribution in [2.24, 2.45) is 29.1 Å². The molecule has 4 aliphatic rings. The number of cyclic esters (lactones) is 2. The van der Waals surface area contributed by atoms with E-state index in [1.807, 2.05) is 25.1 Å². The highest BCUT2D eigenvalue weighted by Crippen LogP contribution is 2.56. The lowest BCUT2D eigenvalue weighted by molar-refractivity contribution is -0.146. The molecule has 154 valence electrons. The molecule has 1 aromatic heterocycles. The van der Waals surface area contributed by atoms with E-state index < -0.39 is 0 Å². The van der Waals surface area contributed by atoms with Crippen molar-refractivity contribution in [2.75, 3.05) is 6.61 Å². The van der Waals surface area contributed by atoms with Gasteiger partial charge in [0.15, 0.2) is 5.78 Å². The van der Waals surface area contributed by atoms with E-state index >= 15 is 0 Å². The summed E-state index contributed by atoms with van der Waals surface area (Å²) in [6.45, 7) is 4.42. The SMILES string of the molecule is C[C@H]1OC(=O)C=C[C@]2(C)C3CCC4COC(=O)C4C3=CC(=O)CC12.c1ccoc1. The number of ketones is 1. The minimum atomic E-state index is -0.378. The molecule has 0 radical (unpaired) electrons. The topological polar surface area (TPSA) is 82.8 Å². The average molecular weight is 398 g/mol. The van der Waals surface area contributed by atoms with E-state index in [0.717, 1.165) is 18.4 Å². The van der Waals surface area contributed by atoms with Crippen LogP contribution in [-0.2, 0) is 23.9 Å². The minimum Gasteiger partial charge on any atom is -0.473 e. The van der Waals surface area contributed by atoms with E-state index in [1.54, 1.807) is 18.6 Å².